The molecule has 0 bridgehead atoms. The van der Waals surface area contributed by atoms with Gasteiger partial charge in [0.05, 0.1) is 0 Å². The Morgan fingerprint density at radius 2 is 0.750 bits per heavy atom. The molecule has 0 unspecified atom stereocenters. The monoisotopic (exact) mass is 931 g/mol. The fraction of sp³-hybridized carbons (Fsp3) is 0.217. The van der Waals surface area contributed by atoms with Gasteiger partial charge in [-0.15, -0.1) is 0 Å². The third kappa shape index (κ3) is 6.41. The normalized spacial score (nSPS) is 15.3. The molecule has 9 aromatic rings. The topological polar surface area (TPSA) is 6.48 Å². The molecule has 352 valence electrons. The molecule has 2 aliphatic carbocycles. The van der Waals surface area contributed by atoms with Crippen molar-refractivity contribution in [3.8, 4) is 44.5 Å². The van der Waals surface area contributed by atoms with Gasteiger partial charge in [-0.3, -0.25) is 0 Å². The Morgan fingerprint density at radius 1 is 0.375 bits per heavy atom. The predicted octanol–water partition coefficient (Wildman–Crippen LogP) is 16.6. The average Bonchev–Trinajstić information content (AvgIpc) is 3.75. The summed E-state index contributed by atoms with van der Waals surface area (Å²) in [6.07, 6.45) is 0. The van der Waals surface area contributed by atoms with Gasteiger partial charge in [0.1, 0.15) is 0 Å². The molecule has 9 aromatic carbocycles. The fourth-order valence-corrected chi connectivity index (χ4v) is 13.2. The van der Waals surface area contributed by atoms with Crippen molar-refractivity contribution in [3.63, 3.8) is 0 Å². The Balaban J connectivity index is 0.993. The van der Waals surface area contributed by atoms with Crippen molar-refractivity contribution < 1.29 is 0 Å². The minimum Gasteiger partial charge on any atom is -0.311 e. The molecular formula is C69H63BN2. The van der Waals surface area contributed by atoms with Crippen LogP contribution < -0.4 is 26.2 Å². The van der Waals surface area contributed by atoms with Crippen molar-refractivity contribution in [2.45, 2.75) is 97.8 Å². The molecule has 0 radical (unpaired) electrons. The first kappa shape index (κ1) is 44.6. The lowest BCUT2D eigenvalue weighted by Gasteiger charge is -2.45. The Kier molecular flexibility index (Phi) is 9.49. The molecule has 0 fully saturated rings. The van der Waals surface area contributed by atoms with Crippen molar-refractivity contribution in [1.29, 1.82) is 0 Å². The van der Waals surface area contributed by atoms with Crippen LogP contribution in [-0.4, -0.2) is 6.71 Å². The molecule has 2 aliphatic heterocycles. The predicted molar refractivity (Wildman–Crippen MR) is 309 cm³/mol. The molecule has 4 aliphatic rings. The van der Waals surface area contributed by atoms with Crippen LogP contribution in [0, 0.1) is 6.92 Å². The number of aryl methyl sites for hydroxylation is 1. The molecule has 0 saturated heterocycles. The van der Waals surface area contributed by atoms with Gasteiger partial charge in [-0.1, -0.05) is 203 Å². The molecule has 0 N–H and O–H groups in total. The standard InChI is InChI=1S/C69H63BN2/c1-42-38-61-65-62(39-42)72(48-34-28-44(29-35-48)50-21-17-25-56-64(50)52-19-13-15-23-54(52)69(56,10)11)60-41-46(67(5,6)7)31-37-58(60)70(65)57-36-30-45(66(2,3)4)40-59(57)71(61)47-32-26-43(27-33-47)49-20-16-24-55-63(49)51-18-12-14-22-53(51)68(55,8)9/h12-41H,1-11H3. The van der Waals surface area contributed by atoms with E-state index in [-0.39, 0.29) is 28.4 Å². The molecule has 2 nitrogen and oxygen atoms in total. The van der Waals surface area contributed by atoms with Crippen LogP contribution in [0.5, 0.6) is 0 Å². The second kappa shape index (κ2) is 15.3. The summed E-state index contributed by atoms with van der Waals surface area (Å²) in [7, 11) is 0. The fourth-order valence-electron chi connectivity index (χ4n) is 13.2. The highest BCUT2D eigenvalue weighted by molar-refractivity contribution is 7.00. The van der Waals surface area contributed by atoms with Gasteiger partial charge >= 0.3 is 0 Å². The molecule has 3 heteroatoms. The smallest absolute Gasteiger partial charge is 0.252 e. The number of nitrogens with zero attached hydrogens (tertiary/aromatic N) is 2. The number of rotatable bonds is 4. The first-order valence-electron chi connectivity index (χ1n) is 26.1. The molecule has 0 spiro atoms. The Morgan fingerprint density at radius 3 is 1.15 bits per heavy atom. The second-order valence-corrected chi connectivity index (χ2v) is 24.3. The van der Waals surface area contributed by atoms with E-state index in [1.165, 1.54) is 123 Å². The van der Waals surface area contributed by atoms with Crippen LogP contribution >= 0.6 is 0 Å². The summed E-state index contributed by atoms with van der Waals surface area (Å²) in [5.41, 5.74) is 31.1. The van der Waals surface area contributed by atoms with Gasteiger partial charge < -0.3 is 9.80 Å². The molecule has 0 atom stereocenters. The van der Waals surface area contributed by atoms with E-state index in [4.69, 9.17) is 0 Å². The van der Waals surface area contributed by atoms with Gasteiger partial charge in [0.15, 0.2) is 0 Å². The maximum Gasteiger partial charge on any atom is 0.252 e. The zero-order valence-electron chi connectivity index (χ0n) is 43.8. The number of hydrogen-bond donors (Lipinski definition) is 0. The van der Waals surface area contributed by atoms with Gasteiger partial charge in [0.25, 0.3) is 6.71 Å². The van der Waals surface area contributed by atoms with E-state index in [9.17, 15) is 0 Å². The number of anilines is 6. The molecule has 0 aromatic heterocycles. The number of fused-ring (bicyclic) bond motifs is 10. The van der Waals surface area contributed by atoms with Crippen LogP contribution in [0.25, 0.3) is 44.5 Å². The minimum atomic E-state index is -0.0555. The Hall–Kier alpha value is -7.36. The number of hydrogen-bond acceptors (Lipinski definition) is 2. The van der Waals surface area contributed by atoms with Crippen molar-refractivity contribution in [3.05, 3.63) is 221 Å². The maximum atomic E-state index is 2.58. The third-order valence-electron chi connectivity index (χ3n) is 17.0. The summed E-state index contributed by atoms with van der Waals surface area (Å²) in [5.74, 6) is 0. The Labute approximate surface area is 428 Å². The first-order valence-corrected chi connectivity index (χ1v) is 26.1. The quantitative estimate of drug-likeness (QED) is 0.162. The van der Waals surface area contributed by atoms with Crippen LogP contribution in [0.15, 0.2) is 182 Å². The van der Waals surface area contributed by atoms with E-state index in [1.807, 2.05) is 0 Å². The maximum absolute atomic E-state index is 2.58. The van der Waals surface area contributed by atoms with E-state index in [2.05, 4.69) is 268 Å². The van der Waals surface area contributed by atoms with Crippen molar-refractivity contribution in [1.82, 2.24) is 0 Å². The highest BCUT2D eigenvalue weighted by atomic mass is 15.2. The zero-order chi connectivity index (χ0) is 49.8. The lowest BCUT2D eigenvalue weighted by Crippen LogP contribution is -2.61. The SMILES string of the molecule is Cc1cc2c3c(c1)N(c1ccc(-c4cccc5c4-c4ccccc4C5(C)C)cc1)c1cc(C(C)(C)C)ccc1B3c1ccc(C(C)(C)C)cc1N2c1ccc(-c2cccc3c2-c2ccccc2C3(C)C)cc1. The summed E-state index contributed by atoms with van der Waals surface area (Å²) in [6.45, 7) is 25.8. The lowest BCUT2D eigenvalue weighted by atomic mass is 9.33. The summed E-state index contributed by atoms with van der Waals surface area (Å²) in [6, 6.07) is 70.2. The van der Waals surface area contributed by atoms with Gasteiger partial charge in [-0.25, -0.2) is 0 Å². The summed E-state index contributed by atoms with van der Waals surface area (Å²) >= 11 is 0. The zero-order valence-corrected chi connectivity index (χ0v) is 43.8. The molecule has 2 heterocycles. The minimum absolute atomic E-state index is 0.0329. The van der Waals surface area contributed by atoms with E-state index in [0.29, 0.717) is 0 Å². The largest absolute Gasteiger partial charge is 0.311 e. The van der Waals surface area contributed by atoms with Crippen LogP contribution in [0.1, 0.15) is 108 Å². The number of benzene rings is 9. The van der Waals surface area contributed by atoms with E-state index >= 15 is 0 Å². The van der Waals surface area contributed by atoms with Gasteiger partial charge in [-0.2, -0.15) is 0 Å². The highest BCUT2D eigenvalue weighted by Crippen LogP contribution is 2.54. The van der Waals surface area contributed by atoms with Gasteiger partial charge in [0, 0.05) is 45.0 Å². The molecule has 0 saturated carbocycles. The van der Waals surface area contributed by atoms with Gasteiger partial charge in [-0.05, 0) is 166 Å². The van der Waals surface area contributed by atoms with Crippen LogP contribution in [-0.2, 0) is 21.7 Å². The second-order valence-electron chi connectivity index (χ2n) is 24.3. The molecule has 72 heavy (non-hydrogen) atoms. The van der Waals surface area contributed by atoms with E-state index in [0.717, 1.165) is 11.4 Å². The van der Waals surface area contributed by atoms with E-state index < -0.39 is 0 Å². The Bertz CT molecular complexity index is 3480. The van der Waals surface area contributed by atoms with E-state index in [1.54, 1.807) is 0 Å². The van der Waals surface area contributed by atoms with Crippen molar-refractivity contribution in [2.75, 3.05) is 9.80 Å². The summed E-state index contributed by atoms with van der Waals surface area (Å²) in [4.78, 5) is 5.16. The molecular weight excluding hydrogens is 868 g/mol. The third-order valence-corrected chi connectivity index (χ3v) is 17.0. The van der Waals surface area contributed by atoms with Crippen molar-refractivity contribution >= 4 is 57.2 Å². The summed E-state index contributed by atoms with van der Waals surface area (Å²) in [5, 5.41) is 0. The van der Waals surface area contributed by atoms with Gasteiger partial charge in [0.2, 0.25) is 0 Å². The average molecular weight is 931 g/mol. The molecule has 13 rings (SSSR count). The first-order chi connectivity index (χ1) is 34.4. The van der Waals surface area contributed by atoms with Crippen LogP contribution in [0.4, 0.5) is 34.1 Å². The van der Waals surface area contributed by atoms with Crippen LogP contribution in [0.3, 0.4) is 0 Å². The van der Waals surface area contributed by atoms with Crippen LogP contribution in [0.2, 0.25) is 0 Å². The summed E-state index contributed by atoms with van der Waals surface area (Å²) < 4.78 is 0. The van der Waals surface area contributed by atoms with Crippen molar-refractivity contribution in [2.24, 2.45) is 0 Å². The highest BCUT2D eigenvalue weighted by Gasteiger charge is 2.45. The molecule has 0 amide bonds. The lowest BCUT2D eigenvalue weighted by molar-refractivity contribution is 0.590.